The van der Waals surface area contributed by atoms with Gasteiger partial charge in [-0.3, -0.25) is 0 Å². The van der Waals surface area contributed by atoms with Crippen molar-refractivity contribution in [3.8, 4) is 0 Å². The summed E-state index contributed by atoms with van der Waals surface area (Å²) in [5, 5.41) is 3.57. The number of fused-ring (bicyclic) bond motifs is 1. The third kappa shape index (κ3) is 3.30. The third-order valence-corrected chi connectivity index (χ3v) is 3.70. The maximum Gasteiger partial charge on any atom is 0.0291 e. The van der Waals surface area contributed by atoms with Gasteiger partial charge in [0.15, 0.2) is 0 Å². The molecule has 1 aliphatic carbocycles. The second-order valence-electron chi connectivity index (χ2n) is 5.05. The smallest absolute Gasteiger partial charge is 0.0291 e. The molecule has 0 saturated heterocycles. The number of hydrogen-bond acceptors (Lipinski definition) is 2. The second-order valence-corrected chi connectivity index (χ2v) is 5.05. The van der Waals surface area contributed by atoms with Gasteiger partial charge in [0.2, 0.25) is 0 Å². The van der Waals surface area contributed by atoms with Crippen LogP contribution in [0.25, 0.3) is 0 Å². The molecule has 3 N–H and O–H groups in total. The summed E-state index contributed by atoms with van der Waals surface area (Å²) in [5.74, 6) is 0. The number of nitrogens with one attached hydrogen (secondary N) is 1. The van der Waals surface area contributed by atoms with E-state index < -0.39 is 0 Å². The Balaban J connectivity index is 1.88. The topological polar surface area (TPSA) is 38.0 Å². The number of aryl methyl sites for hydroxylation is 2. The van der Waals surface area contributed by atoms with Gasteiger partial charge in [-0.15, -0.1) is 0 Å². The molecule has 0 radical (unpaired) electrons. The summed E-state index contributed by atoms with van der Waals surface area (Å²) in [6, 6.07) is 7.45. The van der Waals surface area contributed by atoms with E-state index in [1.165, 1.54) is 31.2 Å². The lowest BCUT2D eigenvalue weighted by atomic mass is 10.0. The van der Waals surface area contributed by atoms with Crippen LogP contribution >= 0.6 is 0 Å². The Bertz CT molecular complexity index is 360. The first-order valence-electron chi connectivity index (χ1n) is 6.86. The zero-order valence-electron chi connectivity index (χ0n) is 10.8. The first kappa shape index (κ1) is 12.6. The number of nitrogens with two attached hydrogens (primary N) is 1. The molecule has 0 saturated carbocycles. The van der Waals surface area contributed by atoms with Crippen LogP contribution in [-0.2, 0) is 12.8 Å². The van der Waals surface area contributed by atoms with Crippen molar-refractivity contribution < 1.29 is 0 Å². The van der Waals surface area contributed by atoms with Crippen LogP contribution in [0, 0.1) is 0 Å². The van der Waals surface area contributed by atoms with Crippen LogP contribution in [0.2, 0.25) is 0 Å². The van der Waals surface area contributed by atoms with Crippen molar-refractivity contribution in [1.29, 1.82) is 0 Å². The zero-order valence-corrected chi connectivity index (χ0v) is 10.8. The van der Waals surface area contributed by atoms with Gasteiger partial charge in [0.25, 0.3) is 0 Å². The van der Waals surface area contributed by atoms with Gasteiger partial charge in [0.05, 0.1) is 0 Å². The van der Waals surface area contributed by atoms with Gasteiger partial charge in [0.1, 0.15) is 0 Å². The molecule has 0 aliphatic heterocycles. The maximum atomic E-state index is 5.49. The van der Waals surface area contributed by atoms with Crippen LogP contribution in [0.4, 0.5) is 0 Å². The molecular formula is C15H24N2. The molecule has 0 bridgehead atoms. The first-order valence-corrected chi connectivity index (χ1v) is 6.86. The normalized spacial score (nSPS) is 15.9. The second kappa shape index (κ2) is 6.18. The van der Waals surface area contributed by atoms with Gasteiger partial charge in [-0.1, -0.05) is 18.2 Å². The number of rotatable bonds is 6. The molecule has 0 spiro atoms. The maximum absolute atomic E-state index is 5.49. The highest BCUT2D eigenvalue weighted by atomic mass is 14.9. The third-order valence-electron chi connectivity index (χ3n) is 3.70. The average molecular weight is 232 g/mol. The van der Waals surface area contributed by atoms with Gasteiger partial charge in [-0.05, 0) is 68.8 Å². The van der Waals surface area contributed by atoms with Gasteiger partial charge >= 0.3 is 0 Å². The van der Waals surface area contributed by atoms with E-state index in [2.05, 4.69) is 30.4 Å². The van der Waals surface area contributed by atoms with Crippen molar-refractivity contribution in [3.05, 3.63) is 34.9 Å². The Morgan fingerprint density at radius 2 is 2.06 bits per heavy atom. The summed E-state index contributed by atoms with van der Waals surface area (Å²) in [7, 11) is 0. The van der Waals surface area contributed by atoms with E-state index in [-0.39, 0.29) is 0 Å². The van der Waals surface area contributed by atoms with Crippen LogP contribution in [0.3, 0.4) is 0 Å². The fourth-order valence-electron chi connectivity index (χ4n) is 2.57. The van der Waals surface area contributed by atoms with E-state index in [1.54, 1.807) is 11.1 Å². The van der Waals surface area contributed by atoms with Crippen molar-refractivity contribution in [2.24, 2.45) is 5.73 Å². The lowest BCUT2D eigenvalue weighted by Crippen LogP contribution is -2.20. The molecule has 0 fully saturated rings. The minimum Gasteiger partial charge on any atom is -0.330 e. The lowest BCUT2D eigenvalue weighted by molar-refractivity contribution is 0.548. The Morgan fingerprint density at radius 3 is 2.88 bits per heavy atom. The highest BCUT2D eigenvalue weighted by Gasteiger charge is 2.12. The Labute approximate surface area is 105 Å². The molecule has 0 aromatic heterocycles. The van der Waals surface area contributed by atoms with Gasteiger partial charge in [-0.25, -0.2) is 0 Å². The Morgan fingerprint density at radius 1 is 1.24 bits per heavy atom. The van der Waals surface area contributed by atoms with E-state index in [0.717, 1.165) is 19.5 Å². The molecule has 2 heteroatoms. The molecule has 1 aromatic rings. The Kier molecular flexibility index (Phi) is 4.57. The largest absolute Gasteiger partial charge is 0.330 e. The molecular weight excluding hydrogens is 208 g/mol. The van der Waals surface area contributed by atoms with Crippen LogP contribution in [-0.4, -0.2) is 13.1 Å². The summed E-state index contributed by atoms with van der Waals surface area (Å²) in [6.07, 6.45) is 6.16. The fourth-order valence-corrected chi connectivity index (χ4v) is 2.57. The summed E-state index contributed by atoms with van der Waals surface area (Å²) in [6.45, 7) is 4.11. The number of hydrogen-bond donors (Lipinski definition) is 2. The molecule has 1 aromatic carbocycles. The minimum atomic E-state index is 0.457. The quantitative estimate of drug-likeness (QED) is 0.740. The van der Waals surface area contributed by atoms with E-state index in [0.29, 0.717) is 6.04 Å². The van der Waals surface area contributed by atoms with Crippen LogP contribution in [0.15, 0.2) is 18.2 Å². The first-order chi connectivity index (χ1) is 8.31. The van der Waals surface area contributed by atoms with E-state index in [1.807, 2.05) is 0 Å². The van der Waals surface area contributed by atoms with Gasteiger partial charge < -0.3 is 11.1 Å². The standard InChI is InChI=1S/C15H24N2/c1-12(17-10-3-2-9-16)14-8-7-13-5-4-6-15(13)11-14/h7-8,11-12,17H,2-6,9-10,16H2,1H3. The lowest BCUT2D eigenvalue weighted by Gasteiger charge is -2.15. The molecule has 2 rings (SSSR count). The average Bonchev–Trinajstić information content (AvgIpc) is 2.81. The molecule has 1 unspecified atom stereocenters. The number of unbranched alkanes of at least 4 members (excludes halogenated alkanes) is 1. The van der Waals surface area contributed by atoms with Crippen molar-refractivity contribution >= 4 is 0 Å². The molecule has 0 amide bonds. The van der Waals surface area contributed by atoms with E-state index in [9.17, 15) is 0 Å². The number of benzene rings is 1. The van der Waals surface area contributed by atoms with E-state index >= 15 is 0 Å². The predicted molar refractivity (Wildman–Crippen MR) is 73.2 cm³/mol. The fraction of sp³-hybridized carbons (Fsp3) is 0.600. The highest BCUT2D eigenvalue weighted by molar-refractivity contribution is 5.36. The van der Waals surface area contributed by atoms with Crippen LogP contribution in [0.1, 0.15) is 48.9 Å². The monoisotopic (exact) mass is 232 g/mol. The van der Waals surface area contributed by atoms with Gasteiger partial charge in [0, 0.05) is 6.04 Å². The zero-order chi connectivity index (χ0) is 12.1. The molecule has 17 heavy (non-hydrogen) atoms. The van der Waals surface area contributed by atoms with Crippen molar-refractivity contribution in [2.45, 2.75) is 45.1 Å². The predicted octanol–water partition coefficient (Wildman–Crippen LogP) is 2.56. The molecule has 94 valence electrons. The minimum absolute atomic E-state index is 0.457. The van der Waals surface area contributed by atoms with Crippen LogP contribution in [0.5, 0.6) is 0 Å². The summed E-state index contributed by atoms with van der Waals surface area (Å²) in [4.78, 5) is 0. The van der Waals surface area contributed by atoms with Crippen molar-refractivity contribution in [3.63, 3.8) is 0 Å². The SMILES string of the molecule is CC(NCCCCN)c1ccc2c(c1)CCC2. The van der Waals surface area contributed by atoms with Crippen molar-refractivity contribution in [1.82, 2.24) is 5.32 Å². The molecule has 0 heterocycles. The summed E-state index contributed by atoms with van der Waals surface area (Å²) < 4.78 is 0. The highest BCUT2D eigenvalue weighted by Crippen LogP contribution is 2.25. The Hall–Kier alpha value is -0.860. The van der Waals surface area contributed by atoms with Crippen molar-refractivity contribution in [2.75, 3.05) is 13.1 Å². The van der Waals surface area contributed by atoms with Gasteiger partial charge in [-0.2, -0.15) is 0 Å². The van der Waals surface area contributed by atoms with Crippen LogP contribution < -0.4 is 11.1 Å². The molecule has 2 nitrogen and oxygen atoms in total. The summed E-state index contributed by atoms with van der Waals surface area (Å²) >= 11 is 0. The molecule has 1 atom stereocenters. The molecule has 1 aliphatic rings. The summed E-state index contributed by atoms with van der Waals surface area (Å²) in [5.41, 5.74) is 10.0. The van der Waals surface area contributed by atoms with E-state index in [4.69, 9.17) is 5.73 Å².